The number of anilines is 2. The topological polar surface area (TPSA) is 117 Å². The van der Waals surface area contributed by atoms with E-state index in [0.717, 1.165) is 28.2 Å². The van der Waals surface area contributed by atoms with Crippen molar-refractivity contribution in [1.82, 2.24) is 20.3 Å². The first-order valence-electron chi connectivity index (χ1n) is 8.48. The minimum absolute atomic E-state index is 0.360. The standard InChI is InChI=1S/C19H19N5O3S/c1-10-6-11(2)8-13(7-10)23-19-20-5-4-14(24-19)18-22-12(3)16(28-18)17(27)21-9-15(25)26/h4-8H,9H2,1-3H3,(H,21,27)(H,25,26)(H,20,23,24). The summed E-state index contributed by atoms with van der Waals surface area (Å²) in [7, 11) is 0. The van der Waals surface area contributed by atoms with Gasteiger partial charge in [0.2, 0.25) is 5.95 Å². The number of carbonyl (C=O) groups excluding carboxylic acids is 1. The summed E-state index contributed by atoms with van der Waals surface area (Å²) >= 11 is 1.16. The Bertz CT molecular complexity index is 1030. The molecule has 3 aromatic rings. The van der Waals surface area contributed by atoms with Gasteiger partial charge < -0.3 is 15.7 Å². The van der Waals surface area contributed by atoms with Crippen LogP contribution in [0.5, 0.6) is 0 Å². The van der Waals surface area contributed by atoms with E-state index in [1.165, 1.54) is 0 Å². The number of aromatic nitrogens is 3. The van der Waals surface area contributed by atoms with Crippen LogP contribution >= 0.6 is 11.3 Å². The van der Waals surface area contributed by atoms with E-state index in [4.69, 9.17) is 5.11 Å². The third kappa shape index (κ3) is 4.68. The molecule has 3 rings (SSSR count). The first kappa shape index (κ1) is 19.4. The van der Waals surface area contributed by atoms with E-state index in [2.05, 4.69) is 31.7 Å². The zero-order valence-electron chi connectivity index (χ0n) is 15.6. The van der Waals surface area contributed by atoms with Crippen LogP contribution in [-0.4, -0.2) is 38.5 Å². The van der Waals surface area contributed by atoms with E-state index < -0.39 is 18.4 Å². The fourth-order valence-electron chi connectivity index (χ4n) is 2.67. The van der Waals surface area contributed by atoms with Gasteiger partial charge in [-0.25, -0.2) is 15.0 Å². The first-order valence-corrected chi connectivity index (χ1v) is 9.29. The molecular formula is C19H19N5O3S. The molecule has 0 radical (unpaired) electrons. The third-order valence-corrected chi connectivity index (χ3v) is 4.93. The number of aliphatic carboxylic acids is 1. The highest BCUT2D eigenvalue weighted by atomic mass is 32.1. The molecule has 0 fully saturated rings. The Labute approximate surface area is 165 Å². The van der Waals surface area contributed by atoms with Crippen molar-refractivity contribution in [2.75, 3.05) is 11.9 Å². The van der Waals surface area contributed by atoms with Crippen LogP contribution in [0.15, 0.2) is 30.5 Å². The second-order valence-electron chi connectivity index (χ2n) is 6.28. The summed E-state index contributed by atoms with van der Waals surface area (Å²) in [6.07, 6.45) is 1.62. The Hall–Kier alpha value is -3.33. The maximum absolute atomic E-state index is 12.1. The minimum atomic E-state index is -1.10. The SMILES string of the molecule is Cc1cc(C)cc(Nc2nccc(-c3nc(C)c(C(=O)NCC(=O)O)s3)n2)c1. The summed E-state index contributed by atoms with van der Waals surface area (Å²) in [5.41, 5.74) is 4.24. The summed E-state index contributed by atoms with van der Waals surface area (Å²) in [6.45, 7) is 5.30. The molecule has 3 N–H and O–H groups in total. The number of thiazole rings is 1. The number of benzene rings is 1. The quantitative estimate of drug-likeness (QED) is 0.585. The van der Waals surface area contributed by atoms with Crippen LogP contribution in [0, 0.1) is 20.8 Å². The molecule has 28 heavy (non-hydrogen) atoms. The predicted molar refractivity (Wildman–Crippen MR) is 107 cm³/mol. The largest absolute Gasteiger partial charge is 0.480 e. The second-order valence-corrected chi connectivity index (χ2v) is 7.28. The highest BCUT2D eigenvalue weighted by Gasteiger charge is 2.17. The molecule has 144 valence electrons. The lowest BCUT2D eigenvalue weighted by Crippen LogP contribution is -2.29. The Kier molecular flexibility index (Phi) is 5.65. The number of hydrogen-bond acceptors (Lipinski definition) is 7. The highest BCUT2D eigenvalue weighted by molar-refractivity contribution is 7.17. The molecule has 0 atom stereocenters. The van der Waals surface area contributed by atoms with Gasteiger partial charge in [0.15, 0.2) is 0 Å². The highest BCUT2D eigenvalue weighted by Crippen LogP contribution is 2.27. The Balaban J connectivity index is 1.83. The van der Waals surface area contributed by atoms with Crippen LogP contribution in [0.1, 0.15) is 26.5 Å². The molecule has 9 heteroatoms. The lowest BCUT2D eigenvalue weighted by Gasteiger charge is -2.07. The molecule has 0 saturated carbocycles. The molecule has 0 unspecified atom stereocenters. The zero-order chi connectivity index (χ0) is 20.3. The van der Waals surface area contributed by atoms with Gasteiger partial charge in [-0.2, -0.15) is 0 Å². The summed E-state index contributed by atoms with van der Waals surface area (Å²) in [5.74, 6) is -1.15. The lowest BCUT2D eigenvalue weighted by molar-refractivity contribution is -0.135. The fraction of sp³-hybridized carbons (Fsp3) is 0.211. The van der Waals surface area contributed by atoms with Crippen molar-refractivity contribution in [3.8, 4) is 10.7 Å². The molecule has 0 saturated heterocycles. The van der Waals surface area contributed by atoms with E-state index in [1.807, 2.05) is 26.0 Å². The van der Waals surface area contributed by atoms with Crippen molar-refractivity contribution < 1.29 is 14.7 Å². The van der Waals surface area contributed by atoms with Crippen LogP contribution in [-0.2, 0) is 4.79 Å². The normalized spacial score (nSPS) is 10.5. The lowest BCUT2D eigenvalue weighted by atomic mass is 10.1. The van der Waals surface area contributed by atoms with Crippen LogP contribution in [0.2, 0.25) is 0 Å². The molecular weight excluding hydrogens is 378 g/mol. The van der Waals surface area contributed by atoms with Crippen LogP contribution in [0.3, 0.4) is 0 Å². The predicted octanol–water partition coefficient (Wildman–Crippen LogP) is 3.08. The van der Waals surface area contributed by atoms with Gasteiger partial charge in [-0.15, -0.1) is 11.3 Å². The molecule has 0 spiro atoms. The molecule has 1 amide bonds. The van der Waals surface area contributed by atoms with Gasteiger partial charge in [0.25, 0.3) is 5.91 Å². The number of rotatable bonds is 6. The number of amides is 1. The molecule has 0 aliphatic carbocycles. The number of aryl methyl sites for hydroxylation is 3. The van der Waals surface area contributed by atoms with Crippen molar-refractivity contribution in [3.63, 3.8) is 0 Å². The van der Waals surface area contributed by atoms with Crippen molar-refractivity contribution in [3.05, 3.63) is 52.2 Å². The van der Waals surface area contributed by atoms with E-state index >= 15 is 0 Å². The zero-order valence-corrected chi connectivity index (χ0v) is 16.4. The van der Waals surface area contributed by atoms with Gasteiger partial charge in [-0.05, 0) is 50.1 Å². The minimum Gasteiger partial charge on any atom is -0.480 e. The summed E-state index contributed by atoms with van der Waals surface area (Å²) in [4.78, 5) is 36.2. The van der Waals surface area contributed by atoms with E-state index in [0.29, 0.717) is 27.2 Å². The number of carboxylic acid groups (broad SMARTS) is 1. The van der Waals surface area contributed by atoms with Crippen LogP contribution in [0.25, 0.3) is 10.7 Å². The number of nitrogens with zero attached hydrogens (tertiary/aromatic N) is 3. The summed E-state index contributed by atoms with van der Waals surface area (Å²) < 4.78 is 0. The number of carboxylic acids is 1. The fourth-order valence-corrected chi connectivity index (χ4v) is 3.62. The molecule has 0 aliphatic heterocycles. The Morgan fingerprint density at radius 2 is 1.82 bits per heavy atom. The van der Waals surface area contributed by atoms with Gasteiger partial charge in [-0.3, -0.25) is 9.59 Å². The van der Waals surface area contributed by atoms with Gasteiger partial charge in [0.05, 0.1) is 5.69 Å². The van der Waals surface area contributed by atoms with Gasteiger partial charge in [-0.1, -0.05) is 6.07 Å². The van der Waals surface area contributed by atoms with E-state index in [1.54, 1.807) is 19.2 Å². The second kappa shape index (κ2) is 8.13. The number of nitrogens with one attached hydrogen (secondary N) is 2. The molecule has 1 aromatic carbocycles. The van der Waals surface area contributed by atoms with Crippen molar-refractivity contribution >= 4 is 34.8 Å². The monoisotopic (exact) mass is 397 g/mol. The van der Waals surface area contributed by atoms with Crippen LogP contribution in [0.4, 0.5) is 11.6 Å². The Morgan fingerprint density at radius 3 is 2.50 bits per heavy atom. The molecule has 2 heterocycles. The van der Waals surface area contributed by atoms with Crippen molar-refractivity contribution in [2.24, 2.45) is 0 Å². The summed E-state index contributed by atoms with van der Waals surface area (Å²) in [5, 5.41) is 14.8. The maximum atomic E-state index is 12.1. The average Bonchev–Trinajstić information content (AvgIpc) is 3.01. The van der Waals surface area contributed by atoms with E-state index in [9.17, 15) is 9.59 Å². The smallest absolute Gasteiger partial charge is 0.322 e. The third-order valence-electron chi connectivity index (χ3n) is 3.76. The Morgan fingerprint density at radius 1 is 1.11 bits per heavy atom. The molecule has 0 bridgehead atoms. The van der Waals surface area contributed by atoms with Gasteiger partial charge in [0, 0.05) is 11.9 Å². The number of carbonyl (C=O) groups is 2. The maximum Gasteiger partial charge on any atom is 0.322 e. The van der Waals surface area contributed by atoms with E-state index in [-0.39, 0.29) is 0 Å². The average molecular weight is 397 g/mol. The number of hydrogen-bond donors (Lipinski definition) is 3. The molecule has 2 aromatic heterocycles. The van der Waals surface area contributed by atoms with Crippen molar-refractivity contribution in [2.45, 2.75) is 20.8 Å². The van der Waals surface area contributed by atoms with Crippen molar-refractivity contribution in [1.29, 1.82) is 0 Å². The molecule has 0 aliphatic rings. The summed E-state index contributed by atoms with van der Waals surface area (Å²) in [6, 6.07) is 7.80. The van der Waals surface area contributed by atoms with Gasteiger partial charge in [0.1, 0.15) is 22.1 Å². The van der Waals surface area contributed by atoms with Gasteiger partial charge >= 0.3 is 5.97 Å². The van der Waals surface area contributed by atoms with Crippen LogP contribution < -0.4 is 10.6 Å². The first-order chi connectivity index (χ1) is 13.3. The molecule has 8 nitrogen and oxygen atoms in total.